The molecule has 1 unspecified atom stereocenters. The van der Waals surface area contributed by atoms with Crippen LogP contribution in [0.1, 0.15) is 17.5 Å². The molecule has 1 saturated heterocycles. The second-order valence-electron chi connectivity index (χ2n) is 6.68. The average Bonchev–Trinajstić information content (AvgIpc) is 3.05. The molecule has 2 aromatic rings. The summed E-state index contributed by atoms with van der Waals surface area (Å²) in [6.07, 6.45) is 0.740. The number of likely N-dealkylation sites (tertiary alicyclic amines) is 1. The molecule has 0 bridgehead atoms. The fourth-order valence-electron chi connectivity index (χ4n) is 3.42. The normalized spacial score (nSPS) is 20.3. The summed E-state index contributed by atoms with van der Waals surface area (Å²) < 4.78 is 16.2. The largest absolute Gasteiger partial charge is 0.493 e. The predicted octanol–water partition coefficient (Wildman–Crippen LogP) is 2.81. The first-order chi connectivity index (χ1) is 12.6. The summed E-state index contributed by atoms with van der Waals surface area (Å²) in [7, 11) is 3.29. The molecular weight excluding hydrogens is 330 g/mol. The van der Waals surface area contributed by atoms with E-state index >= 15 is 0 Å². The highest BCUT2D eigenvalue weighted by atomic mass is 16.5. The highest BCUT2D eigenvalue weighted by Gasteiger charge is 2.37. The molecule has 1 aliphatic heterocycles. The van der Waals surface area contributed by atoms with Gasteiger partial charge in [-0.2, -0.15) is 0 Å². The zero-order chi connectivity index (χ0) is 18.4. The third kappa shape index (κ3) is 4.36. The standard InChI is InChI=1S/C21H27NO4/c1-24-12-13-26-20-14-17(8-9-19(20)25-2)15-22-11-10-21(23,16-22)18-6-4-3-5-7-18/h3-9,14,23H,10-13,15-16H2,1-2H3. The second kappa shape index (κ2) is 8.54. The first-order valence-electron chi connectivity index (χ1n) is 8.93. The Morgan fingerprint density at radius 1 is 1.04 bits per heavy atom. The van der Waals surface area contributed by atoms with Crippen LogP contribution in [0.3, 0.4) is 0 Å². The molecule has 1 heterocycles. The highest BCUT2D eigenvalue weighted by Crippen LogP contribution is 2.34. The number of benzene rings is 2. The molecular formula is C21H27NO4. The Balaban J connectivity index is 1.66. The van der Waals surface area contributed by atoms with Gasteiger partial charge >= 0.3 is 0 Å². The van der Waals surface area contributed by atoms with Gasteiger partial charge in [0, 0.05) is 26.7 Å². The van der Waals surface area contributed by atoms with E-state index in [0.29, 0.717) is 25.5 Å². The van der Waals surface area contributed by atoms with Crippen molar-refractivity contribution in [2.45, 2.75) is 18.6 Å². The van der Waals surface area contributed by atoms with Crippen molar-refractivity contribution in [3.63, 3.8) is 0 Å². The zero-order valence-corrected chi connectivity index (χ0v) is 15.5. The molecule has 2 aromatic carbocycles. The fourth-order valence-corrected chi connectivity index (χ4v) is 3.42. The molecule has 1 atom stereocenters. The molecule has 26 heavy (non-hydrogen) atoms. The molecule has 0 spiro atoms. The van der Waals surface area contributed by atoms with E-state index in [9.17, 15) is 5.11 Å². The Morgan fingerprint density at radius 2 is 1.85 bits per heavy atom. The molecule has 5 nitrogen and oxygen atoms in total. The maximum atomic E-state index is 11.0. The smallest absolute Gasteiger partial charge is 0.161 e. The SMILES string of the molecule is COCCOc1cc(CN2CCC(O)(c3ccccc3)C2)ccc1OC. The summed E-state index contributed by atoms with van der Waals surface area (Å²) in [4.78, 5) is 2.27. The number of hydrogen-bond acceptors (Lipinski definition) is 5. The monoisotopic (exact) mass is 357 g/mol. The van der Waals surface area contributed by atoms with Crippen LogP contribution in [-0.4, -0.2) is 50.5 Å². The molecule has 5 heteroatoms. The van der Waals surface area contributed by atoms with Crippen molar-refractivity contribution in [1.82, 2.24) is 4.90 Å². The van der Waals surface area contributed by atoms with E-state index in [4.69, 9.17) is 14.2 Å². The summed E-state index contributed by atoms with van der Waals surface area (Å²) in [5.41, 5.74) is 1.35. The first kappa shape index (κ1) is 18.7. The Labute approximate surface area is 155 Å². The lowest BCUT2D eigenvalue weighted by Crippen LogP contribution is -2.30. The fraction of sp³-hybridized carbons (Fsp3) is 0.429. The van der Waals surface area contributed by atoms with Crippen molar-refractivity contribution >= 4 is 0 Å². The van der Waals surface area contributed by atoms with Gasteiger partial charge in [-0.25, -0.2) is 0 Å². The third-order valence-corrected chi connectivity index (χ3v) is 4.82. The van der Waals surface area contributed by atoms with Gasteiger partial charge in [-0.1, -0.05) is 36.4 Å². The van der Waals surface area contributed by atoms with E-state index in [1.807, 2.05) is 48.5 Å². The van der Waals surface area contributed by atoms with Gasteiger partial charge in [0.25, 0.3) is 0 Å². The average molecular weight is 357 g/mol. The molecule has 0 saturated carbocycles. The van der Waals surface area contributed by atoms with Gasteiger partial charge in [-0.3, -0.25) is 4.90 Å². The lowest BCUT2D eigenvalue weighted by Gasteiger charge is -2.24. The van der Waals surface area contributed by atoms with Crippen LogP contribution in [0.25, 0.3) is 0 Å². The molecule has 0 aliphatic carbocycles. The Morgan fingerprint density at radius 3 is 2.58 bits per heavy atom. The van der Waals surface area contributed by atoms with Gasteiger partial charge in [0.05, 0.1) is 13.7 Å². The molecule has 140 valence electrons. The molecule has 1 N–H and O–H groups in total. The van der Waals surface area contributed by atoms with Crippen LogP contribution in [0.15, 0.2) is 48.5 Å². The third-order valence-electron chi connectivity index (χ3n) is 4.82. The van der Waals surface area contributed by atoms with Gasteiger partial charge in [-0.15, -0.1) is 0 Å². The summed E-state index contributed by atoms with van der Waals surface area (Å²) in [6, 6.07) is 15.9. The number of ether oxygens (including phenoxy) is 3. The van der Waals surface area contributed by atoms with Gasteiger partial charge in [0.1, 0.15) is 12.2 Å². The zero-order valence-electron chi connectivity index (χ0n) is 15.5. The molecule has 0 radical (unpaired) electrons. The minimum Gasteiger partial charge on any atom is -0.493 e. The number of β-amino-alcohol motifs (C(OH)–C–C–N with tert-alkyl or cyclic N) is 1. The summed E-state index contributed by atoms with van der Waals surface area (Å²) in [6.45, 7) is 3.26. The van der Waals surface area contributed by atoms with E-state index in [1.54, 1.807) is 14.2 Å². The van der Waals surface area contributed by atoms with Crippen molar-refractivity contribution < 1.29 is 19.3 Å². The number of aliphatic hydroxyl groups is 1. The first-order valence-corrected chi connectivity index (χ1v) is 8.93. The van der Waals surface area contributed by atoms with Crippen LogP contribution in [0.2, 0.25) is 0 Å². The Hall–Kier alpha value is -2.08. The molecule has 0 aromatic heterocycles. The number of hydrogen-bond donors (Lipinski definition) is 1. The van der Waals surface area contributed by atoms with Crippen molar-refractivity contribution in [3.8, 4) is 11.5 Å². The van der Waals surface area contributed by atoms with Crippen molar-refractivity contribution in [1.29, 1.82) is 0 Å². The van der Waals surface area contributed by atoms with Crippen LogP contribution in [0.5, 0.6) is 11.5 Å². The highest BCUT2D eigenvalue weighted by molar-refractivity contribution is 5.43. The van der Waals surface area contributed by atoms with Crippen LogP contribution >= 0.6 is 0 Å². The van der Waals surface area contributed by atoms with Crippen molar-refractivity contribution in [3.05, 3.63) is 59.7 Å². The molecule has 3 rings (SSSR count). The quantitative estimate of drug-likeness (QED) is 0.736. The Kier molecular flexibility index (Phi) is 6.14. The van der Waals surface area contributed by atoms with Gasteiger partial charge in [0.15, 0.2) is 11.5 Å². The van der Waals surface area contributed by atoms with Crippen molar-refractivity contribution in [2.75, 3.05) is 40.5 Å². The maximum absolute atomic E-state index is 11.0. The predicted molar refractivity (Wildman–Crippen MR) is 101 cm³/mol. The van der Waals surface area contributed by atoms with E-state index in [2.05, 4.69) is 4.90 Å². The van der Waals surface area contributed by atoms with Crippen LogP contribution < -0.4 is 9.47 Å². The summed E-state index contributed by atoms with van der Waals surface area (Å²) in [5.74, 6) is 1.44. The van der Waals surface area contributed by atoms with Gasteiger partial charge in [-0.05, 0) is 29.7 Å². The molecule has 0 amide bonds. The van der Waals surface area contributed by atoms with Crippen molar-refractivity contribution in [2.24, 2.45) is 0 Å². The van der Waals surface area contributed by atoms with Crippen LogP contribution in [0.4, 0.5) is 0 Å². The summed E-state index contributed by atoms with van der Waals surface area (Å²) in [5, 5.41) is 11.0. The maximum Gasteiger partial charge on any atom is 0.161 e. The topological polar surface area (TPSA) is 51.2 Å². The summed E-state index contributed by atoms with van der Waals surface area (Å²) >= 11 is 0. The second-order valence-corrected chi connectivity index (χ2v) is 6.68. The minimum atomic E-state index is -0.772. The lowest BCUT2D eigenvalue weighted by molar-refractivity contribution is 0.0453. The number of nitrogens with zero attached hydrogens (tertiary/aromatic N) is 1. The number of rotatable bonds is 8. The van der Waals surface area contributed by atoms with E-state index in [1.165, 1.54) is 0 Å². The number of methoxy groups -OCH3 is 2. The van der Waals surface area contributed by atoms with E-state index in [-0.39, 0.29) is 0 Å². The Bertz CT molecular complexity index is 706. The van der Waals surface area contributed by atoms with E-state index in [0.717, 1.165) is 36.4 Å². The minimum absolute atomic E-state index is 0.480. The van der Waals surface area contributed by atoms with Gasteiger partial charge in [0.2, 0.25) is 0 Å². The van der Waals surface area contributed by atoms with Crippen LogP contribution in [-0.2, 0) is 16.9 Å². The van der Waals surface area contributed by atoms with Crippen LogP contribution in [0, 0.1) is 0 Å². The molecule has 1 aliphatic rings. The van der Waals surface area contributed by atoms with E-state index < -0.39 is 5.60 Å². The lowest BCUT2D eigenvalue weighted by atomic mass is 9.93. The van der Waals surface area contributed by atoms with Gasteiger partial charge < -0.3 is 19.3 Å². The molecule has 1 fully saturated rings.